The first kappa shape index (κ1) is 13.1. The minimum absolute atomic E-state index is 0.00654. The van der Waals surface area contributed by atoms with E-state index in [0.717, 1.165) is 20.5 Å². The molecule has 2 nitrogen and oxygen atoms in total. The highest BCUT2D eigenvalue weighted by atomic mass is 79.9. The quantitative estimate of drug-likeness (QED) is 0.831. The van der Waals surface area contributed by atoms with Crippen LogP contribution in [0, 0.1) is 0 Å². The summed E-state index contributed by atoms with van der Waals surface area (Å²) in [7, 11) is 1.89. The van der Waals surface area contributed by atoms with E-state index >= 15 is 0 Å². The number of furan rings is 1. The maximum atomic E-state index is 5.93. The Kier molecular flexibility index (Phi) is 4.31. The minimum atomic E-state index is -0.00654. The Morgan fingerprint density at radius 3 is 2.53 bits per heavy atom. The fraction of sp³-hybridized carbons (Fsp3) is 0.167. The lowest BCUT2D eigenvalue weighted by Crippen LogP contribution is -2.17. The molecule has 17 heavy (non-hydrogen) atoms. The first-order chi connectivity index (χ1) is 8.11. The van der Waals surface area contributed by atoms with Crippen LogP contribution in [0.15, 0.2) is 43.9 Å². The molecule has 1 N–H and O–H groups in total. The molecule has 1 aromatic heterocycles. The molecular weight excluding hydrogens is 369 g/mol. The summed E-state index contributed by atoms with van der Waals surface area (Å²) < 4.78 is 7.25. The van der Waals surface area contributed by atoms with Crippen molar-refractivity contribution in [1.29, 1.82) is 0 Å². The minimum Gasteiger partial charge on any atom is -0.452 e. The molecule has 0 aliphatic rings. The van der Waals surface area contributed by atoms with Crippen molar-refractivity contribution in [3.8, 4) is 0 Å². The second-order valence-electron chi connectivity index (χ2n) is 3.53. The topological polar surface area (TPSA) is 25.2 Å². The highest BCUT2D eigenvalue weighted by Crippen LogP contribution is 2.32. The molecule has 0 aliphatic heterocycles. The van der Waals surface area contributed by atoms with Crippen LogP contribution in [0.3, 0.4) is 0 Å². The van der Waals surface area contributed by atoms with Crippen molar-refractivity contribution in [2.24, 2.45) is 0 Å². The van der Waals surface area contributed by atoms with Gasteiger partial charge in [-0.15, -0.1) is 0 Å². The van der Waals surface area contributed by atoms with Crippen LogP contribution in [0.1, 0.15) is 17.4 Å². The van der Waals surface area contributed by atoms with Gasteiger partial charge in [0.05, 0.1) is 6.04 Å². The molecule has 90 valence electrons. The third kappa shape index (κ3) is 2.94. The summed E-state index contributed by atoms with van der Waals surface area (Å²) in [6.45, 7) is 0. The molecule has 2 aromatic rings. The van der Waals surface area contributed by atoms with Crippen LogP contribution in [0.4, 0.5) is 0 Å². The van der Waals surface area contributed by atoms with E-state index in [2.05, 4.69) is 37.2 Å². The molecule has 0 amide bonds. The van der Waals surface area contributed by atoms with Gasteiger partial charge in [-0.05, 0) is 52.8 Å². The first-order valence-electron chi connectivity index (χ1n) is 4.99. The van der Waals surface area contributed by atoms with Gasteiger partial charge in [0.2, 0.25) is 0 Å². The number of rotatable bonds is 3. The van der Waals surface area contributed by atoms with Gasteiger partial charge in [-0.1, -0.05) is 33.6 Å². The average Bonchev–Trinajstić information content (AvgIpc) is 2.69. The number of halogens is 3. The van der Waals surface area contributed by atoms with E-state index in [4.69, 9.17) is 16.0 Å². The number of hydrogen-bond acceptors (Lipinski definition) is 2. The molecule has 0 spiro atoms. The van der Waals surface area contributed by atoms with Gasteiger partial charge in [0.1, 0.15) is 5.76 Å². The van der Waals surface area contributed by atoms with Crippen LogP contribution in [0.5, 0.6) is 0 Å². The van der Waals surface area contributed by atoms with Crippen molar-refractivity contribution in [3.05, 3.63) is 55.8 Å². The number of benzene rings is 1. The summed E-state index contributed by atoms with van der Waals surface area (Å²) in [4.78, 5) is 0. The van der Waals surface area contributed by atoms with E-state index in [1.54, 1.807) is 0 Å². The van der Waals surface area contributed by atoms with Crippen LogP contribution >= 0.6 is 43.5 Å². The maximum Gasteiger partial charge on any atom is 0.169 e. The zero-order chi connectivity index (χ0) is 12.4. The Bertz CT molecular complexity index is 527. The van der Waals surface area contributed by atoms with Gasteiger partial charge in [-0.25, -0.2) is 0 Å². The van der Waals surface area contributed by atoms with E-state index in [-0.39, 0.29) is 6.04 Å². The highest BCUT2D eigenvalue weighted by Gasteiger charge is 2.18. The smallest absolute Gasteiger partial charge is 0.169 e. The van der Waals surface area contributed by atoms with Crippen molar-refractivity contribution in [2.75, 3.05) is 7.05 Å². The molecular formula is C12H10Br2ClNO. The predicted octanol–water partition coefficient (Wildman–Crippen LogP) is 4.77. The summed E-state index contributed by atoms with van der Waals surface area (Å²) in [5, 5.41) is 3.93. The third-order valence-electron chi connectivity index (χ3n) is 2.44. The highest BCUT2D eigenvalue weighted by molar-refractivity contribution is 9.10. The van der Waals surface area contributed by atoms with Crippen LogP contribution < -0.4 is 5.32 Å². The van der Waals surface area contributed by atoms with E-state index in [9.17, 15) is 0 Å². The molecule has 0 fully saturated rings. The zero-order valence-electron chi connectivity index (χ0n) is 9.01. The Labute approximate surface area is 122 Å². The van der Waals surface area contributed by atoms with Crippen LogP contribution in [0.2, 0.25) is 5.02 Å². The predicted molar refractivity (Wildman–Crippen MR) is 76.5 cm³/mol. The molecule has 0 saturated heterocycles. The fourth-order valence-corrected chi connectivity index (χ4v) is 2.90. The number of nitrogens with one attached hydrogen (secondary N) is 1. The van der Waals surface area contributed by atoms with Crippen molar-refractivity contribution in [3.63, 3.8) is 0 Å². The molecule has 1 atom stereocenters. The van der Waals surface area contributed by atoms with Gasteiger partial charge in [-0.2, -0.15) is 0 Å². The number of hydrogen-bond donors (Lipinski definition) is 1. The maximum absolute atomic E-state index is 5.93. The Morgan fingerprint density at radius 1 is 1.24 bits per heavy atom. The monoisotopic (exact) mass is 377 g/mol. The normalized spacial score (nSPS) is 12.7. The Balaban J connectivity index is 2.42. The second kappa shape index (κ2) is 5.57. The van der Waals surface area contributed by atoms with Crippen LogP contribution in [-0.4, -0.2) is 7.05 Å². The van der Waals surface area contributed by atoms with E-state index in [0.29, 0.717) is 5.02 Å². The molecule has 1 heterocycles. The average molecular weight is 379 g/mol. The van der Waals surface area contributed by atoms with E-state index in [1.165, 1.54) is 0 Å². The summed E-state index contributed by atoms with van der Waals surface area (Å²) in [5.41, 5.74) is 1.08. The zero-order valence-corrected chi connectivity index (χ0v) is 12.9. The lowest BCUT2D eigenvalue weighted by Gasteiger charge is -2.16. The van der Waals surface area contributed by atoms with Gasteiger partial charge >= 0.3 is 0 Å². The van der Waals surface area contributed by atoms with Crippen LogP contribution in [-0.2, 0) is 0 Å². The summed E-state index contributed by atoms with van der Waals surface area (Å²) in [6.07, 6.45) is 0. The Morgan fingerprint density at radius 2 is 2.00 bits per heavy atom. The fourth-order valence-electron chi connectivity index (χ4n) is 1.67. The van der Waals surface area contributed by atoms with Crippen molar-refractivity contribution < 1.29 is 4.42 Å². The van der Waals surface area contributed by atoms with Gasteiger partial charge in [0.25, 0.3) is 0 Å². The largest absolute Gasteiger partial charge is 0.452 e. The summed E-state index contributed by atoms with van der Waals surface area (Å²) in [6, 6.07) is 9.52. The third-order valence-corrected chi connectivity index (χ3v) is 3.79. The second-order valence-corrected chi connectivity index (χ2v) is 5.60. The van der Waals surface area contributed by atoms with E-state index in [1.807, 2.05) is 37.4 Å². The molecule has 5 heteroatoms. The standard InChI is InChI=1S/C12H10Br2ClNO/c1-16-12(10-4-5-11(14)17-10)8-3-2-7(15)6-9(8)13/h2-6,12,16H,1H3. The molecule has 0 aliphatic carbocycles. The lowest BCUT2D eigenvalue weighted by molar-refractivity contribution is 0.446. The molecule has 2 rings (SSSR count). The van der Waals surface area contributed by atoms with Gasteiger partial charge < -0.3 is 9.73 Å². The van der Waals surface area contributed by atoms with Gasteiger partial charge in [0.15, 0.2) is 4.67 Å². The van der Waals surface area contributed by atoms with Crippen molar-refractivity contribution in [1.82, 2.24) is 5.32 Å². The molecule has 0 bridgehead atoms. The van der Waals surface area contributed by atoms with Crippen molar-refractivity contribution >= 4 is 43.5 Å². The van der Waals surface area contributed by atoms with Gasteiger partial charge in [-0.3, -0.25) is 0 Å². The lowest BCUT2D eigenvalue weighted by atomic mass is 10.1. The molecule has 1 aromatic carbocycles. The summed E-state index contributed by atoms with van der Waals surface area (Å²) >= 11 is 12.8. The first-order valence-corrected chi connectivity index (χ1v) is 6.95. The van der Waals surface area contributed by atoms with Crippen molar-refractivity contribution in [2.45, 2.75) is 6.04 Å². The van der Waals surface area contributed by atoms with E-state index < -0.39 is 0 Å². The van der Waals surface area contributed by atoms with Gasteiger partial charge in [0, 0.05) is 9.50 Å². The molecule has 1 unspecified atom stereocenters. The molecule has 0 radical (unpaired) electrons. The summed E-state index contributed by atoms with van der Waals surface area (Å²) in [5.74, 6) is 0.849. The SMILES string of the molecule is CNC(c1ccc(Br)o1)c1ccc(Cl)cc1Br. The molecule has 0 saturated carbocycles. The van der Waals surface area contributed by atoms with Crippen LogP contribution in [0.25, 0.3) is 0 Å². The Hall–Kier alpha value is -0.290.